The summed E-state index contributed by atoms with van der Waals surface area (Å²) in [6.07, 6.45) is 12.2. The minimum Gasteiger partial charge on any atom is -0.493 e. The second-order valence-electron chi connectivity index (χ2n) is 34.4. The summed E-state index contributed by atoms with van der Waals surface area (Å²) in [6.45, 7) is 68.7. The summed E-state index contributed by atoms with van der Waals surface area (Å²) in [5.74, 6) is 7.15. The van der Waals surface area contributed by atoms with Crippen molar-refractivity contribution >= 4 is 45.3 Å². The molecule has 21 heteroatoms. The molecule has 11 aliphatic rings. The quantitative estimate of drug-likeness (QED) is 0.0687. The molecule has 0 spiro atoms. The zero-order valence-corrected chi connectivity index (χ0v) is 97.2. The minimum atomic E-state index is -0.651. The first kappa shape index (κ1) is 134. The molecular weight excluding hydrogens is 1890 g/mol. The summed E-state index contributed by atoms with van der Waals surface area (Å²) >= 11 is 7.12. The Balaban J connectivity index is 0.000000777. The van der Waals surface area contributed by atoms with Crippen LogP contribution in [0.2, 0.25) is 0 Å². The summed E-state index contributed by atoms with van der Waals surface area (Å²) in [4.78, 5) is 5.62. The Morgan fingerprint density at radius 1 is 0.264 bits per heavy atom. The first-order valence-electron chi connectivity index (χ1n) is 54.5. The topological polar surface area (TPSA) is 236 Å². The van der Waals surface area contributed by atoms with Gasteiger partial charge < -0.3 is 69.0 Å². The molecule has 5 aromatic carbocycles. The predicted molar refractivity (Wildman–Crippen MR) is 607 cm³/mol. The van der Waals surface area contributed by atoms with Crippen molar-refractivity contribution in [2.75, 3.05) is 19.8 Å². The fourth-order valence-electron chi connectivity index (χ4n) is 17.8. The summed E-state index contributed by atoms with van der Waals surface area (Å²) in [5, 5.41) is 93.8. The first-order chi connectivity index (χ1) is 69.6. The highest BCUT2D eigenvalue weighted by Crippen LogP contribution is 2.44. The highest BCUT2D eigenvalue weighted by Gasteiger charge is 2.36. The number of aliphatic hydroxyl groups is 9. The van der Waals surface area contributed by atoms with Gasteiger partial charge in [-0.05, 0) is 218 Å². The number of aliphatic hydroxyl groups excluding tert-OH is 9. The minimum absolute atomic E-state index is 0.0794. The molecule has 0 amide bonds. The van der Waals surface area contributed by atoms with Gasteiger partial charge in [-0.1, -0.05) is 295 Å². The van der Waals surface area contributed by atoms with E-state index in [-0.39, 0.29) is 84.6 Å². The van der Waals surface area contributed by atoms with Crippen molar-refractivity contribution in [2.45, 2.75) is 432 Å². The molecule has 0 unspecified atom stereocenters. The number of halogens is 3. The van der Waals surface area contributed by atoms with Crippen LogP contribution in [0, 0.1) is 17.5 Å². The fourth-order valence-corrected chi connectivity index (χ4v) is 22.0. The number of ether oxygens (including phenoxy) is 3. The second kappa shape index (κ2) is 74.2. The van der Waals surface area contributed by atoms with E-state index in [9.17, 15) is 59.1 Å². The van der Waals surface area contributed by atoms with E-state index >= 15 is 0 Å². The van der Waals surface area contributed by atoms with Crippen molar-refractivity contribution in [3.05, 3.63) is 294 Å². The standard InChI is InChI=1S/C10H10F2O.C10H11FO.C10H12O2.C10H12O.2C9H12O2.2C9H12OS.C9H10O.2C8H10OS.11C2H6/c1-5-9(13)4-6-7(11)2-3-8(12)10(5)6;1-6-7-3-2-4-9(11)8(7)5-10(6)12;1-7-8-4-2-3-5-10(8)12-6-9(7)11;1-8-6-7-11-10-5-3-2-4-9(8)10;1-6-7-4-5-11-9(7)3-2-8(6)10;1-6-8(10)3-2-7-4-5-11-9(6)7;1-6-7-4-5-11-9(7)3-2-8(6)10;1-6-8(10)3-2-7-4-5-11-9(6)7;1-7-6-10-9-5-3-2-4-8(7)9;1-5-6-2-3-10-8(6)4-7(5)9;1-5-7(9)4-6-2-3-10-8(5)6;11*1-2/h2-3,5,9,13H,4H2,1H3;2-4,6,10,12H,5H2,1H3;2-5,7,9,11H,6H2,1H3;2-5,8H,6-7H2,1H3;4*4-6,8,10H,2-3H2,1H3;2-5,7H,6H2,1H3;2*2-3,5,7,9H,4H2,1H3;11*1-2H3/t5-,9-;6-,10+;7-,9+;8-;6-,8+;6-,8-;6-,8+;6-,8-;7-;5-,7+;5-,7-;;;;;;;;;;;/m10010101101.........../s1. The maximum Gasteiger partial charge on any atom is 0.127 e. The van der Waals surface area contributed by atoms with E-state index in [1.54, 1.807) is 59.5 Å². The van der Waals surface area contributed by atoms with Gasteiger partial charge >= 0.3 is 0 Å². The van der Waals surface area contributed by atoms with Crippen LogP contribution in [0.5, 0.6) is 17.2 Å². The number of furan rings is 2. The summed E-state index contributed by atoms with van der Waals surface area (Å²) in [5.41, 5.74) is 14.1. The van der Waals surface area contributed by atoms with Gasteiger partial charge in [-0.2, -0.15) is 0 Å². The largest absolute Gasteiger partial charge is 0.493 e. The number of rotatable bonds is 0. The molecule has 0 saturated carbocycles. The highest BCUT2D eigenvalue weighted by atomic mass is 32.1. The Hall–Kier alpha value is -7.71. The fraction of sp³-hybridized carbons (Fsp3) is 0.561. The molecule has 0 bridgehead atoms. The van der Waals surface area contributed by atoms with Crippen LogP contribution >= 0.6 is 45.3 Å². The molecule has 11 aromatic rings. The van der Waals surface area contributed by atoms with Crippen molar-refractivity contribution in [1.82, 2.24) is 0 Å². The average molecular weight is 2080 g/mol. The van der Waals surface area contributed by atoms with Gasteiger partial charge in [0.1, 0.15) is 52.8 Å². The van der Waals surface area contributed by atoms with Crippen LogP contribution in [0.1, 0.15) is 429 Å². The van der Waals surface area contributed by atoms with Gasteiger partial charge in [-0.25, -0.2) is 13.2 Å². The van der Waals surface area contributed by atoms with Crippen molar-refractivity contribution in [3.8, 4) is 17.2 Å². The van der Waals surface area contributed by atoms with Crippen LogP contribution in [-0.2, 0) is 51.4 Å². The van der Waals surface area contributed by atoms with Gasteiger partial charge in [0.25, 0.3) is 0 Å². The van der Waals surface area contributed by atoms with E-state index in [2.05, 4.69) is 112 Å². The maximum absolute atomic E-state index is 13.2. The molecular formula is C123H189F3O14S4. The highest BCUT2D eigenvalue weighted by molar-refractivity contribution is 7.11. The van der Waals surface area contributed by atoms with E-state index in [1.165, 1.54) is 70.1 Å². The molecule has 0 fully saturated rings. The Kier molecular flexibility index (Phi) is 69.2. The van der Waals surface area contributed by atoms with Crippen LogP contribution in [0.15, 0.2) is 182 Å². The zero-order chi connectivity index (χ0) is 109. The normalized spacial score (nSPS) is 24.0. The number of benzene rings is 5. The Bertz CT molecular complexity index is 4830. The van der Waals surface area contributed by atoms with E-state index in [0.29, 0.717) is 65.2 Å². The molecule has 3 aliphatic heterocycles. The molecule has 8 aliphatic carbocycles. The molecule has 9 N–H and O–H groups in total. The van der Waals surface area contributed by atoms with Crippen LogP contribution in [-0.4, -0.2) is 121 Å². The monoisotopic (exact) mass is 2080 g/mol. The molecule has 14 nitrogen and oxygen atoms in total. The smallest absolute Gasteiger partial charge is 0.127 e. The zero-order valence-electron chi connectivity index (χ0n) is 93.9. The van der Waals surface area contributed by atoms with E-state index < -0.39 is 23.8 Å². The molecule has 9 heterocycles. The van der Waals surface area contributed by atoms with Crippen molar-refractivity contribution in [3.63, 3.8) is 0 Å². The number of aryl methyl sites for hydroxylation is 4. The van der Waals surface area contributed by atoms with Crippen LogP contribution in [0.4, 0.5) is 13.2 Å². The van der Waals surface area contributed by atoms with E-state index in [4.69, 9.17) is 23.0 Å². The lowest BCUT2D eigenvalue weighted by Gasteiger charge is -2.27. The van der Waals surface area contributed by atoms with Crippen molar-refractivity contribution in [2.24, 2.45) is 0 Å². The molecule has 810 valence electrons. The number of fused-ring (bicyclic) bond motifs is 11. The van der Waals surface area contributed by atoms with Crippen LogP contribution < -0.4 is 14.2 Å². The van der Waals surface area contributed by atoms with Gasteiger partial charge in [-0.15, -0.1) is 45.3 Å². The molecule has 0 saturated heterocycles. The van der Waals surface area contributed by atoms with Gasteiger partial charge in [0.2, 0.25) is 0 Å². The maximum atomic E-state index is 13.2. The third-order valence-electron chi connectivity index (χ3n) is 26.4. The molecule has 20 atom stereocenters. The predicted octanol–water partition coefficient (Wildman–Crippen LogP) is 32.7. The number of para-hydroxylation sites is 3. The van der Waals surface area contributed by atoms with E-state index in [1.807, 2.05) is 258 Å². The third-order valence-corrected chi connectivity index (χ3v) is 30.6. The second-order valence-corrected chi connectivity index (χ2v) is 38.3. The van der Waals surface area contributed by atoms with Gasteiger partial charge in [0, 0.05) is 116 Å². The number of hydrogen-bond donors (Lipinski definition) is 9. The Morgan fingerprint density at radius 2 is 0.660 bits per heavy atom. The lowest BCUT2D eigenvalue weighted by Crippen LogP contribution is -2.28. The van der Waals surface area contributed by atoms with Crippen molar-refractivity contribution in [1.29, 1.82) is 0 Å². The van der Waals surface area contributed by atoms with Crippen LogP contribution in [0.3, 0.4) is 0 Å². The molecule has 144 heavy (non-hydrogen) atoms. The van der Waals surface area contributed by atoms with Crippen LogP contribution in [0.25, 0.3) is 0 Å². The number of thiophene rings is 4. The molecule has 0 radical (unpaired) electrons. The molecule has 22 rings (SSSR count). The van der Waals surface area contributed by atoms with Gasteiger partial charge in [0.15, 0.2) is 0 Å². The molecule has 6 aromatic heterocycles. The first-order valence-corrected chi connectivity index (χ1v) is 58.0. The SMILES string of the molecule is CC.CC.CC.CC.CC.CC.CC.CC.CC.CC.CC.C[C@@H]1CCOc2ccccc21.C[C@@H]1COc2ccccc21.C[C@H]1c2c(F)ccc(F)c2C[C@H]1O.C[C@H]1c2cccc(F)c2C[C@H]1O.C[C@H]1c2ccccc2OC[C@H]1O.C[C@H]1c2ccoc2CC[C@H]1O.C[C@H]1c2ccsc2CC[C@H]1O.C[C@H]1c2ccsc2C[C@H]1O.C[C@H]1c2occc2CC[C@H]1O.C[C@H]1c2sccc2CC[C@H]1O.C[C@H]1c2sccc2C[C@H]1O. The average Bonchev–Trinajstić information content (AvgIpc) is 1.64. The van der Waals surface area contributed by atoms with E-state index in [0.717, 1.165) is 136 Å². The summed E-state index contributed by atoms with van der Waals surface area (Å²) in [7, 11) is 0. The number of hydrogen-bond acceptors (Lipinski definition) is 18. The van der Waals surface area contributed by atoms with Gasteiger partial charge in [0.05, 0.1) is 80.7 Å². The Morgan fingerprint density at radius 3 is 1.22 bits per heavy atom. The summed E-state index contributed by atoms with van der Waals surface area (Å²) < 4.78 is 66.3. The summed E-state index contributed by atoms with van der Waals surface area (Å²) in [6, 6.07) is 44.2. The Labute approximate surface area is 884 Å². The lowest BCUT2D eigenvalue weighted by molar-refractivity contribution is 0.0714. The third kappa shape index (κ3) is 38.7. The van der Waals surface area contributed by atoms with Gasteiger partial charge in [-0.3, -0.25) is 0 Å². The lowest BCUT2D eigenvalue weighted by atomic mass is 9.86. The van der Waals surface area contributed by atoms with Crippen molar-refractivity contribution < 1.29 is 82.2 Å².